The summed E-state index contributed by atoms with van der Waals surface area (Å²) in [5.41, 5.74) is 0.515. The zero-order valence-electron chi connectivity index (χ0n) is 11.4. The van der Waals surface area contributed by atoms with E-state index < -0.39 is 6.10 Å². The predicted molar refractivity (Wildman–Crippen MR) is 72.8 cm³/mol. The Morgan fingerprint density at radius 2 is 2.11 bits per heavy atom. The van der Waals surface area contributed by atoms with Gasteiger partial charge in [-0.15, -0.1) is 0 Å². The van der Waals surface area contributed by atoms with Crippen LogP contribution in [0.3, 0.4) is 0 Å². The molecule has 1 saturated heterocycles. The van der Waals surface area contributed by atoms with Crippen LogP contribution in [-0.4, -0.2) is 36.2 Å². The molecule has 19 heavy (non-hydrogen) atoms. The predicted octanol–water partition coefficient (Wildman–Crippen LogP) is 2.74. The van der Waals surface area contributed by atoms with Crippen LogP contribution < -0.4 is 4.74 Å². The van der Waals surface area contributed by atoms with E-state index in [2.05, 4.69) is 4.90 Å². The zero-order valence-corrected chi connectivity index (χ0v) is 11.4. The van der Waals surface area contributed by atoms with E-state index >= 15 is 0 Å². The molecule has 0 bridgehead atoms. The van der Waals surface area contributed by atoms with Crippen LogP contribution >= 0.6 is 0 Å². The molecule has 4 heteroatoms. The van der Waals surface area contributed by atoms with E-state index in [9.17, 15) is 9.50 Å². The van der Waals surface area contributed by atoms with Crippen LogP contribution in [0.25, 0.3) is 0 Å². The monoisotopic (exact) mass is 267 g/mol. The van der Waals surface area contributed by atoms with Gasteiger partial charge >= 0.3 is 0 Å². The Kier molecular flexibility index (Phi) is 5.16. The first-order valence-corrected chi connectivity index (χ1v) is 6.99. The number of halogens is 1. The minimum Gasteiger partial charge on any atom is -0.493 e. The van der Waals surface area contributed by atoms with Crippen molar-refractivity contribution in [2.24, 2.45) is 0 Å². The minimum atomic E-state index is -0.718. The van der Waals surface area contributed by atoms with Gasteiger partial charge in [0, 0.05) is 12.1 Å². The van der Waals surface area contributed by atoms with Gasteiger partial charge < -0.3 is 14.7 Å². The summed E-state index contributed by atoms with van der Waals surface area (Å²) in [6.45, 7) is 5.64. The fraction of sp³-hybridized carbons (Fsp3) is 0.600. The number of likely N-dealkylation sites (tertiary alicyclic amines) is 1. The van der Waals surface area contributed by atoms with Crippen molar-refractivity contribution < 1.29 is 14.2 Å². The highest BCUT2D eigenvalue weighted by molar-refractivity contribution is 5.35. The summed E-state index contributed by atoms with van der Waals surface area (Å²) >= 11 is 0. The molecule has 0 unspecified atom stereocenters. The van der Waals surface area contributed by atoms with Crippen molar-refractivity contribution >= 4 is 0 Å². The molecular formula is C15H22FNO2. The van der Waals surface area contributed by atoms with E-state index in [1.54, 1.807) is 13.0 Å². The molecule has 1 heterocycles. The van der Waals surface area contributed by atoms with Crippen LogP contribution in [0.5, 0.6) is 5.75 Å². The van der Waals surface area contributed by atoms with E-state index in [0.29, 0.717) is 17.9 Å². The highest BCUT2D eigenvalue weighted by Crippen LogP contribution is 2.26. The molecule has 1 aliphatic heterocycles. The third-order valence-corrected chi connectivity index (χ3v) is 3.50. The van der Waals surface area contributed by atoms with Gasteiger partial charge in [0.05, 0.1) is 12.7 Å². The van der Waals surface area contributed by atoms with Crippen LogP contribution in [0.2, 0.25) is 0 Å². The lowest BCUT2D eigenvalue weighted by molar-refractivity contribution is 0.189. The largest absolute Gasteiger partial charge is 0.493 e. The number of aliphatic hydroxyl groups is 1. The molecule has 0 spiro atoms. The van der Waals surface area contributed by atoms with Crippen LogP contribution in [0.1, 0.15) is 37.9 Å². The first-order valence-electron chi connectivity index (χ1n) is 6.99. The topological polar surface area (TPSA) is 32.7 Å². The fourth-order valence-corrected chi connectivity index (χ4v) is 2.45. The van der Waals surface area contributed by atoms with E-state index in [0.717, 1.165) is 13.0 Å². The highest BCUT2D eigenvalue weighted by Gasteiger charge is 2.12. The van der Waals surface area contributed by atoms with Crippen molar-refractivity contribution in [1.29, 1.82) is 0 Å². The van der Waals surface area contributed by atoms with Gasteiger partial charge in [-0.1, -0.05) is 0 Å². The quantitative estimate of drug-likeness (QED) is 0.804. The molecule has 0 amide bonds. The second-order valence-electron chi connectivity index (χ2n) is 5.11. The Labute approximate surface area is 114 Å². The maximum Gasteiger partial charge on any atom is 0.125 e. The SMILES string of the molecule is C[C@H](O)c1cc(F)ccc1OCCCN1CCCC1. The number of hydrogen-bond acceptors (Lipinski definition) is 3. The number of benzene rings is 1. The molecule has 0 radical (unpaired) electrons. The molecule has 1 aromatic carbocycles. The number of rotatable bonds is 6. The molecule has 0 aliphatic carbocycles. The maximum absolute atomic E-state index is 13.1. The van der Waals surface area contributed by atoms with Crippen LogP contribution in [0, 0.1) is 5.82 Å². The van der Waals surface area contributed by atoms with Gasteiger partial charge in [0.25, 0.3) is 0 Å². The fourth-order valence-electron chi connectivity index (χ4n) is 2.45. The van der Waals surface area contributed by atoms with E-state index in [4.69, 9.17) is 4.74 Å². The number of ether oxygens (including phenoxy) is 1. The van der Waals surface area contributed by atoms with Crippen molar-refractivity contribution in [3.63, 3.8) is 0 Å². The standard InChI is InChI=1S/C15H22FNO2/c1-12(18)14-11-13(16)5-6-15(14)19-10-4-9-17-7-2-3-8-17/h5-6,11-12,18H,2-4,7-10H2,1H3/t12-/m0/s1. The molecule has 0 saturated carbocycles. The van der Waals surface area contributed by atoms with Gasteiger partial charge in [-0.2, -0.15) is 0 Å². The number of nitrogens with zero attached hydrogens (tertiary/aromatic N) is 1. The van der Waals surface area contributed by atoms with Gasteiger partial charge in [-0.25, -0.2) is 4.39 Å². The lowest BCUT2D eigenvalue weighted by Gasteiger charge is -2.16. The average Bonchev–Trinajstić information content (AvgIpc) is 2.89. The number of aliphatic hydroxyl groups excluding tert-OH is 1. The highest BCUT2D eigenvalue weighted by atomic mass is 19.1. The lowest BCUT2D eigenvalue weighted by Crippen LogP contribution is -2.22. The van der Waals surface area contributed by atoms with Crippen LogP contribution in [-0.2, 0) is 0 Å². The Balaban J connectivity index is 1.81. The molecule has 0 aromatic heterocycles. The summed E-state index contributed by atoms with van der Waals surface area (Å²) in [6, 6.07) is 4.29. The summed E-state index contributed by atoms with van der Waals surface area (Å²) in [7, 11) is 0. The third-order valence-electron chi connectivity index (χ3n) is 3.50. The van der Waals surface area contributed by atoms with E-state index in [1.807, 2.05) is 0 Å². The van der Waals surface area contributed by atoms with Crippen molar-refractivity contribution in [2.45, 2.75) is 32.3 Å². The average molecular weight is 267 g/mol. The van der Waals surface area contributed by atoms with E-state index in [1.165, 1.54) is 38.1 Å². The van der Waals surface area contributed by atoms with Crippen molar-refractivity contribution in [3.05, 3.63) is 29.6 Å². The first kappa shape index (κ1) is 14.3. The van der Waals surface area contributed by atoms with Crippen molar-refractivity contribution in [2.75, 3.05) is 26.2 Å². The maximum atomic E-state index is 13.1. The van der Waals surface area contributed by atoms with Crippen LogP contribution in [0.15, 0.2) is 18.2 Å². The molecule has 1 N–H and O–H groups in total. The zero-order chi connectivity index (χ0) is 13.7. The minimum absolute atomic E-state index is 0.347. The molecule has 1 aliphatic rings. The third kappa shape index (κ3) is 4.18. The van der Waals surface area contributed by atoms with Gasteiger partial charge in [0.1, 0.15) is 11.6 Å². The molecule has 106 valence electrons. The molecule has 2 rings (SSSR count). The Bertz CT molecular complexity index is 403. The van der Waals surface area contributed by atoms with Crippen molar-refractivity contribution in [1.82, 2.24) is 4.90 Å². The van der Waals surface area contributed by atoms with Gasteiger partial charge in [0.2, 0.25) is 0 Å². The van der Waals surface area contributed by atoms with Gasteiger partial charge in [-0.05, 0) is 57.5 Å². The first-order chi connectivity index (χ1) is 9.16. The Hall–Kier alpha value is -1.13. The molecular weight excluding hydrogens is 245 g/mol. The van der Waals surface area contributed by atoms with E-state index in [-0.39, 0.29) is 5.82 Å². The summed E-state index contributed by atoms with van der Waals surface area (Å²) < 4.78 is 18.8. The summed E-state index contributed by atoms with van der Waals surface area (Å²) in [5.74, 6) is 0.234. The summed E-state index contributed by atoms with van der Waals surface area (Å²) in [4.78, 5) is 2.43. The van der Waals surface area contributed by atoms with Gasteiger partial charge in [0.15, 0.2) is 0 Å². The summed E-state index contributed by atoms with van der Waals surface area (Å²) in [5, 5.41) is 9.60. The van der Waals surface area contributed by atoms with Gasteiger partial charge in [-0.3, -0.25) is 0 Å². The molecule has 1 aromatic rings. The normalized spacial score (nSPS) is 17.6. The second kappa shape index (κ2) is 6.87. The molecule has 1 atom stereocenters. The molecule has 3 nitrogen and oxygen atoms in total. The summed E-state index contributed by atoms with van der Waals surface area (Å²) in [6.07, 6.45) is 2.83. The Morgan fingerprint density at radius 1 is 1.37 bits per heavy atom. The Morgan fingerprint density at radius 3 is 2.79 bits per heavy atom. The van der Waals surface area contributed by atoms with Crippen molar-refractivity contribution in [3.8, 4) is 5.75 Å². The molecule has 1 fully saturated rings. The number of hydrogen-bond donors (Lipinski definition) is 1. The second-order valence-corrected chi connectivity index (χ2v) is 5.11. The lowest BCUT2D eigenvalue weighted by atomic mass is 10.1. The smallest absolute Gasteiger partial charge is 0.125 e. The van der Waals surface area contributed by atoms with Crippen LogP contribution in [0.4, 0.5) is 4.39 Å².